The Hall–Kier alpha value is -1.64. The van der Waals surface area contributed by atoms with Gasteiger partial charge in [0.1, 0.15) is 0 Å². The summed E-state index contributed by atoms with van der Waals surface area (Å²) >= 11 is 0. The first-order valence-corrected chi connectivity index (χ1v) is 3.79. The van der Waals surface area contributed by atoms with Crippen molar-refractivity contribution in [1.29, 1.82) is 0 Å². The van der Waals surface area contributed by atoms with E-state index in [1.54, 1.807) is 0 Å². The molecular formula is C9H7NO2. The van der Waals surface area contributed by atoms with Gasteiger partial charge >= 0.3 is 0 Å². The molecule has 60 valence electrons. The summed E-state index contributed by atoms with van der Waals surface area (Å²) in [4.78, 5) is 3.03. The number of aromatic amines is 1. The van der Waals surface area contributed by atoms with Gasteiger partial charge in [-0.3, -0.25) is 0 Å². The second-order valence-corrected chi connectivity index (χ2v) is 2.79. The third-order valence-corrected chi connectivity index (χ3v) is 2.06. The number of hydrogen-bond donors (Lipinski definition) is 1. The molecule has 0 saturated carbocycles. The molecule has 1 aliphatic rings. The zero-order valence-corrected chi connectivity index (χ0v) is 6.33. The van der Waals surface area contributed by atoms with Crippen molar-refractivity contribution in [3.8, 4) is 11.5 Å². The lowest BCUT2D eigenvalue weighted by molar-refractivity contribution is 0.174. The van der Waals surface area contributed by atoms with Gasteiger partial charge in [-0.15, -0.1) is 0 Å². The highest BCUT2D eigenvalue weighted by Crippen LogP contribution is 2.35. The van der Waals surface area contributed by atoms with Crippen LogP contribution in [0.4, 0.5) is 0 Å². The fraction of sp³-hybridized carbons (Fsp3) is 0.111. The quantitative estimate of drug-likeness (QED) is 0.640. The van der Waals surface area contributed by atoms with E-state index in [0.29, 0.717) is 6.79 Å². The van der Waals surface area contributed by atoms with E-state index in [1.165, 1.54) is 0 Å². The Kier molecular flexibility index (Phi) is 0.961. The van der Waals surface area contributed by atoms with Crippen LogP contribution in [-0.2, 0) is 0 Å². The van der Waals surface area contributed by atoms with Crippen molar-refractivity contribution in [2.45, 2.75) is 0 Å². The minimum atomic E-state index is 0.339. The molecule has 0 amide bonds. The van der Waals surface area contributed by atoms with Gasteiger partial charge in [-0.2, -0.15) is 0 Å². The molecular weight excluding hydrogens is 154 g/mol. The van der Waals surface area contributed by atoms with Crippen molar-refractivity contribution >= 4 is 10.8 Å². The second kappa shape index (κ2) is 1.94. The Bertz CT molecular complexity index is 395. The topological polar surface area (TPSA) is 34.2 Å². The number of aromatic nitrogens is 1. The molecule has 0 aliphatic carbocycles. The number of nitrogens with one attached hydrogen (secondary N) is 1. The van der Waals surface area contributed by atoms with Crippen LogP contribution in [0.5, 0.6) is 11.5 Å². The lowest BCUT2D eigenvalue weighted by atomic mass is 10.2. The Labute approximate surface area is 68.9 Å². The molecule has 3 nitrogen and oxygen atoms in total. The van der Waals surface area contributed by atoms with E-state index in [4.69, 9.17) is 9.47 Å². The van der Waals surface area contributed by atoms with Crippen LogP contribution in [0.25, 0.3) is 10.8 Å². The van der Waals surface area contributed by atoms with Crippen LogP contribution in [0.15, 0.2) is 24.5 Å². The summed E-state index contributed by atoms with van der Waals surface area (Å²) in [6.07, 6.45) is 3.88. The van der Waals surface area contributed by atoms with Gasteiger partial charge in [0.2, 0.25) is 6.79 Å². The van der Waals surface area contributed by atoms with Crippen molar-refractivity contribution in [2.24, 2.45) is 0 Å². The minimum absolute atomic E-state index is 0.339. The molecule has 0 radical (unpaired) electrons. The molecule has 0 atom stereocenters. The number of fused-ring (bicyclic) bond motifs is 2. The lowest BCUT2D eigenvalue weighted by Gasteiger charge is -1.94. The summed E-state index contributed by atoms with van der Waals surface area (Å²) in [6, 6.07) is 3.96. The van der Waals surface area contributed by atoms with E-state index in [2.05, 4.69) is 4.98 Å². The standard InChI is InChI=1S/C9H7NO2/c1-6-3-10-4-7(6)2-9-8(1)11-5-12-9/h1-4,10H,5H2. The van der Waals surface area contributed by atoms with Crippen molar-refractivity contribution in [3.05, 3.63) is 24.5 Å². The van der Waals surface area contributed by atoms with E-state index in [9.17, 15) is 0 Å². The molecule has 3 heteroatoms. The zero-order chi connectivity index (χ0) is 7.97. The van der Waals surface area contributed by atoms with Gasteiger partial charge in [0.25, 0.3) is 0 Å². The summed E-state index contributed by atoms with van der Waals surface area (Å²) < 4.78 is 10.5. The number of rotatable bonds is 0. The van der Waals surface area contributed by atoms with Crippen LogP contribution < -0.4 is 9.47 Å². The van der Waals surface area contributed by atoms with Gasteiger partial charge in [0.15, 0.2) is 11.5 Å². The van der Waals surface area contributed by atoms with Gasteiger partial charge in [0.05, 0.1) is 0 Å². The number of H-pyrrole nitrogens is 1. The van der Waals surface area contributed by atoms with Gasteiger partial charge in [0, 0.05) is 23.2 Å². The first kappa shape index (κ1) is 5.94. The second-order valence-electron chi connectivity index (χ2n) is 2.79. The number of benzene rings is 1. The number of ether oxygens (including phenoxy) is 2. The molecule has 2 heterocycles. The van der Waals surface area contributed by atoms with Gasteiger partial charge < -0.3 is 14.5 Å². The summed E-state index contributed by atoms with van der Waals surface area (Å²) in [5, 5.41) is 2.30. The summed E-state index contributed by atoms with van der Waals surface area (Å²) in [5.41, 5.74) is 0. The predicted molar refractivity (Wildman–Crippen MR) is 44.4 cm³/mol. The van der Waals surface area contributed by atoms with Crippen LogP contribution in [0.3, 0.4) is 0 Å². The van der Waals surface area contributed by atoms with E-state index in [-0.39, 0.29) is 0 Å². The maximum atomic E-state index is 5.24. The Morgan fingerprint density at radius 2 is 1.58 bits per heavy atom. The zero-order valence-electron chi connectivity index (χ0n) is 6.33. The van der Waals surface area contributed by atoms with E-state index >= 15 is 0 Å². The maximum absolute atomic E-state index is 5.24. The third kappa shape index (κ3) is 0.652. The molecule has 0 spiro atoms. The monoisotopic (exact) mass is 161 g/mol. The van der Waals surface area contributed by atoms with E-state index in [0.717, 1.165) is 22.3 Å². The summed E-state index contributed by atoms with van der Waals surface area (Å²) in [6.45, 7) is 0.339. The fourth-order valence-corrected chi connectivity index (χ4v) is 1.44. The molecule has 3 rings (SSSR count). The molecule has 0 fully saturated rings. The lowest BCUT2D eigenvalue weighted by Crippen LogP contribution is -1.92. The average molecular weight is 161 g/mol. The molecule has 1 aromatic heterocycles. The van der Waals surface area contributed by atoms with E-state index in [1.807, 2.05) is 24.5 Å². The highest BCUT2D eigenvalue weighted by atomic mass is 16.7. The van der Waals surface area contributed by atoms with Crippen LogP contribution >= 0.6 is 0 Å². The predicted octanol–water partition coefficient (Wildman–Crippen LogP) is 1.90. The first-order valence-electron chi connectivity index (χ1n) is 3.79. The van der Waals surface area contributed by atoms with Crippen molar-refractivity contribution < 1.29 is 9.47 Å². The first-order chi connectivity index (χ1) is 5.93. The van der Waals surface area contributed by atoms with Crippen LogP contribution in [0.1, 0.15) is 0 Å². The maximum Gasteiger partial charge on any atom is 0.231 e. The van der Waals surface area contributed by atoms with Crippen LogP contribution in [0.2, 0.25) is 0 Å². The smallest absolute Gasteiger partial charge is 0.231 e. The molecule has 2 aromatic rings. The SMILES string of the molecule is c1[nH]cc2cc3c(cc12)OCO3. The molecule has 1 aromatic carbocycles. The van der Waals surface area contributed by atoms with Gasteiger partial charge in [-0.25, -0.2) is 0 Å². The van der Waals surface area contributed by atoms with Crippen LogP contribution in [-0.4, -0.2) is 11.8 Å². The number of hydrogen-bond acceptors (Lipinski definition) is 2. The molecule has 0 bridgehead atoms. The van der Waals surface area contributed by atoms with Crippen molar-refractivity contribution in [3.63, 3.8) is 0 Å². The van der Waals surface area contributed by atoms with E-state index < -0.39 is 0 Å². The normalized spacial score (nSPS) is 14.0. The fourth-order valence-electron chi connectivity index (χ4n) is 1.44. The Morgan fingerprint density at radius 1 is 1.00 bits per heavy atom. The summed E-state index contributed by atoms with van der Waals surface area (Å²) in [7, 11) is 0. The largest absolute Gasteiger partial charge is 0.454 e. The van der Waals surface area contributed by atoms with Gasteiger partial charge in [-0.1, -0.05) is 0 Å². The highest BCUT2D eigenvalue weighted by molar-refractivity contribution is 5.85. The molecule has 1 aliphatic heterocycles. The third-order valence-electron chi connectivity index (χ3n) is 2.06. The van der Waals surface area contributed by atoms with Crippen molar-refractivity contribution in [2.75, 3.05) is 6.79 Å². The molecule has 12 heavy (non-hydrogen) atoms. The Balaban J connectivity index is 2.38. The molecule has 0 saturated heterocycles. The van der Waals surface area contributed by atoms with Crippen LogP contribution in [0, 0.1) is 0 Å². The summed E-state index contributed by atoms with van der Waals surface area (Å²) in [5.74, 6) is 1.67. The Morgan fingerprint density at radius 3 is 2.17 bits per heavy atom. The van der Waals surface area contributed by atoms with Gasteiger partial charge in [-0.05, 0) is 12.1 Å². The minimum Gasteiger partial charge on any atom is -0.454 e. The molecule has 0 unspecified atom stereocenters. The molecule has 1 N–H and O–H groups in total. The highest BCUT2D eigenvalue weighted by Gasteiger charge is 2.13. The average Bonchev–Trinajstić information content (AvgIpc) is 2.64. The van der Waals surface area contributed by atoms with Crippen molar-refractivity contribution in [1.82, 2.24) is 4.98 Å².